The monoisotopic (exact) mass is 440 g/mol. The minimum Gasteiger partial charge on any atom is -0.394 e. The van der Waals surface area contributed by atoms with Gasteiger partial charge in [0, 0.05) is 0 Å². The Morgan fingerprint density at radius 3 is 2.00 bits per heavy atom. The van der Waals surface area contributed by atoms with Gasteiger partial charge in [-0.25, -0.2) is 4.57 Å². The number of Topliss-reactive ketones (excluding diaryl/α,β-unsaturated/α-hetero) is 1. The lowest BCUT2D eigenvalue weighted by Gasteiger charge is -2.22. The number of ketones is 1. The maximum atomic E-state index is 10.7. The Labute approximate surface area is 157 Å². The van der Waals surface area contributed by atoms with Gasteiger partial charge in [-0.05, 0) is 0 Å². The fourth-order valence-electron chi connectivity index (χ4n) is 1.91. The van der Waals surface area contributed by atoms with Gasteiger partial charge in [0.1, 0.15) is 43.2 Å². The molecule has 0 saturated carbocycles. The maximum absolute atomic E-state index is 10.7. The molecule has 0 bridgehead atoms. The number of phosphoric ester groups is 1. The molecule has 0 unspecified atom stereocenters. The summed E-state index contributed by atoms with van der Waals surface area (Å²) >= 11 is 0. The highest BCUT2D eigenvalue weighted by Crippen LogP contribution is 2.35. The number of hydrogen-bond acceptors (Lipinski definition) is 13. The minimum absolute atomic E-state index is 0.527. The number of hydrogen-bond donors (Lipinski definition) is 11. The molecular weight excluding hydrogens is 415 g/mol. The van der Waals surface area contributed by atoms with Crippen molar-refractivity contribution in [2.45, 2.75) is 42.4 Å². The van der Waals surface area contributed by atoms with Gasteiger partial charge in [0.2, 0.25) is 5.79 Å². The van der Waals surface area contributed by atoms with E-state index in [2.05, 4.69) is 9.26 Å². The molecule has 16 heteroatoms. The second-order valence-electron chi connectivity index (χ2n) is 5.69. The van der Waals surface area contributed by atoms with Gasteiger partial charge < -0.3 is 60.5 Å². The van der Waals surface area contributed by atoms with Gasteiger partial charge in [0.25, 0.3) is 0 Å². The molecule has 11 N–H and O–H groups in total. The summed E-state index contributed by atoms with van der Waals surface area (Å²) in [4.78, 5) is 27.2. The second-order valence-corrected chi connectivity index (χ2v) is 6.93. The van der Waals surface area contributed by atoms with Crippen molar-refractivity contribution in [1.29, 1.82) is 0 Å². The Balaban J connectivity index is 0.000000540. The zero-order valence-electron chi connectivity index (χ0n) is 14.3. The maximum Gasteiger partial charge on any atom is 0.469 e. The molecule has 0 radical (unpaired) electrons. The van der Waals surface area contributed by atoms with E-state index in [4.69, 9.17) is 50.6 Å². The van der Waals surface area contributed by atoms with E-state index in [0.29, 0.717) is 0 Å². The average Bonchev–Trinajstić information content (AvgIpc) is 2.88. The molecule has 0 aromatic rings. The number of carbonyl (C=O) groups is 1. The zero-order chi connectivity index (χ0) is 22.3. The van der Waals surface area contributed by atoms with Gasteiger partial charge >= 0.3 is 7.82 Å². The van der Waals surface area contributed by atoms with E-state index in [9.17, 15) is 14.5 Å². The predicted octanol–water partition coefficient (Wildman–Crippen LogP) is -6.48. The first kappa shape index (κ1) is 27.4. The normalized spacial score (nSPS) is 30.9. The van der Waals surface area contributed by atoms with E-state index < -0.39 is 82.4 Å². The van der Waals surface area contributed by atoms with E-state index in [-0.39, 0.29) is 0 Å². The lowest BCUT2D eigenvalue weighted by molar-refractivity contribution is -0.248. The van der Waals surface area contributed by atoms with Crippen molar-refractivity contribution in [2.24, 2.45) is 0 Å². The van der Waals surface area contributed by atoms with Crippen molar-refractivity contribution in [1.82, 2.24) is 0 Å². The van der Waals surface area contributed by atoms with E-state index in [0.717, 1.165) is 0 Å². The number of aliphatic hydroxyl groups excluding tert-OH is 8. The largest absolute Gasteiger partial charge is 0.469 e. The van der Waals surface area contributed by atoms with Crippen molar-refractivity contribution >= 4 is 13.6 Å². The number of aliphatic hydroxyl groups is 9. The molecule has 1 fully saturated rings. The predicted molar refractivity (Wildman–Crippen MR) is 84.1 cm³/mol. The van der Waals surface area contributed by atoms with Crippen LogP contribution in [-0.2, 0) is 18.6 Å². The highest BCUT2D eigenvalue weighted by atomic mass is 31.2. The lowest BCUT2D eigenvalue weighted by Crippen LogP contribution is -2.46. The molecule has 0 aromatic heterocycles. The molecule has 168 valence electrons. The first-order chi connectivity index (χ1) is 12.7. The Morgan fingerprint density at radius 1 is 1.14 bits per heavy atom. The molecule has 1 aliphatic rings. The highest BCUT2D eigenvalue weighted by molar-refractivity contribution is 7.46. The quantitative estimate of drug-likeness (QED) is 0.149. The molecule has 0 amide bonds. The Morgan fingerprint density at radius 2 is 1.68 bits per heavy atom. The standard InChI is InChI=1S/C6H13O9P.C6H12O6/c7-1-3(8)5(10)6(11)4(9)2-15-16(12,13)14;7-1-3-4(9)5(10)6(11,2-8)12-3/h4-7,9-11H,1-2H2,(H2,12,13,14);3-5,7-11H,1-2H2/t4-,5-,6-;3-,4-,5+,6-/m11/s1. The van der Waals surface area contributed by atoms with Crippen molar-refractivity contribution in [3.05, 3.63) is 0 Å². The summed E-state index contributed by atoms with van der Waals surface area (Å²) < 4.78 is 18.7. The fourth-order valence-corrected chi connectivity index (χ4v) is 2.26. The highest BCUT2D eigenvalue weighted by Gasteiger charge is 2.52. The summed E-state index contributed by atoms with van der Waals surface area (Å²) in [5.41, 5.74) is 0. The molecule has 1 saturated heterocycles. The number of rotatable bonds is 9. The van der Waals surface area contributed by atoms with Crippen LogP contribution < -0.4 is 0 Å². The third-order valence-corrected chi connectivity index (χ3v) is 4.03. The molecule has 0 aliphatic carbocycles. The van der Waals surface area contributed by atoms with Gasteiger partial charge in [-0.15, -0.1) is 0 Å². The SMILES string of the molecule is O=C(CO)[C@@H](O)[C@H](O)[C@H](O)COP(=O)(O)O.OC[C@H]1O[C@](O)(CO)[C@@H](O)[C@@H]1O. The molecule has 0 spiro atoms. The van der Waals surface area contributed by atoms with E-state index in [1.165, 1.54) is 0 Å². The summed E-state index contributed by atoms with van der Waals surface area (Å²) in [5, 5.41) is 80.2. The first-order valence-corrected chi connectivity index (χ1v) is 9.13. The molecule has 1 aliphatic heterocycles. The van der Waals surface area contributed by atoms with Crippen LogP contribution in [0.25, 0.3) is 0 Å². The fraction of sp³-hybridized carbons (Fsp3) is 0.917. The molecular formula is C12H25O15P. The van der Waals surface area contributed by atoms with Crippen LogP contribution in [0.15, 0.2) is 0 Å². The van der Waals surface area contributed by atoms with E-state index >= 15 is 0 Å². The van der Waals surface area contributed by atoms with E-state index in [1.807, 2.05) is 0 Å². The Hall–Kier alpha value is -0.620. The molecule has 0 aromatic carbocycles. The summed E-state index contributed by atoms with van der Waals surface area (Å²) in [6.45, 7) is -3.37. The van der Waals surface area contributed by atoms with Gasteiger partial charge in [-0.1, -0.05) is 0 Å². The van der Waals surface area contributed by atoms with Crippen molar-refractivity contribution < 1.29 is 74.4 Å². The van der Waals surface area contributed by atoms with Crippen LogP contribution in [0, 0.1) is 0 Å². The summed E-state index contributed by atoms with van der Waals surface area (Å²) in [6, 6.07) is 0. The molecule has 28 heavy (non-hydrogen) atoms. The van der Waals surface area contributed by atoms with Crippen LogP contribution in [0.2, 0.25) is 0 Å². The second kappa shape index (κ2) is 11.5. The van der Waals surface area contributed by atoms with Gasteiger partial charge in [-0.2, -0.15) is 0 Å². The van der Waals surface area contributed by atoms with Crippen molar-refractivity contribution in [3.8, 4) is 0 Å². The van der Waals surface area contributed by atoms with Gasteiger partial charge in [-0.3, -0.25) is 9.32 Å². The first-order valence-electron chi connectivity index (χ1n) is 7.60. The molecule has 7 atom stereocenters. The minimum atomic E-state index is -4.81. The van der Waals surface area contributed by atoms with Crippen molar-refractivity contribution in [2.75, 3.05) is 26.4 Å². The average molecular weight is 440 g/mol. The smallest absolute Gasteiger partial charge is 0.394 e. The van der Waals surface area contributed by atoms with Crippen LogP contribution in [0.1, 0.15) is 0 Å². The molecule has 1 heterocycles. The third-order valence-electron chi connectivity index (χ3n) is 3.55. The van der Waals surface area contributed by atoms with Crippen LogP contribution in [-0.4, -0.2) is 130 Å². The van der Waals surface area contributed by atoms with Gasteiger partial charge in [0.15, 0.2) is 5.78 Å². The third kappa shape index (κ3) is 8.02. The number of phosphoric acid groups is 1. The lowest BCUT2D eigenvalue weighted by atomic mass is 10.1. The van der Waals surface area contributed by atoms with Crippen molar-refractivity contribution in [3.63, 3.8) is 0 Å². The number of carbonyl (C=O) groups excluding carboxylic acids is 1. The van der Waals surface area contributed by atoms with E-state index in [1.54, 1.807) is 0 Å². The molecule has 1 rings (SSSR count). The van der Waals surface area contributed by atoms with Crippen LogP contribution in [0.3, 0.4) is 0 Å². The summed E-state index contributed by atoms with van der Waals surface area (Å²) in [5.74, 6) is -3.30. The molecule has 15 nitrogen and oxygen atoms in total. The Bertz CT molecular complexity index is 525. The number of ether oxygens (including phenoxy) is 1. The van der Waals surface area contributed by atoms with Gasteiger partial charge in [0.05, 0.1) is 19.8 Å². The topological polar surface area (TPSA) is 275 Å². The van der Waals surface area contributed by atoms with Crippen LogP contribution in [0.5, 0.6) is 0 Å². The Kier molecular flexibility index (Phi) is 11.3. The van der Waals surface area contributed by atoms with Crippen LogP contribution >= 0.6 is 7.82 Å². The summed E-state index contributed by atoms with van der Waals surface area (Å²) in [7, 11) is -4.81. The van der Waals surface area contributed by atoms with Crippen LogP contribution in [0.4, 0.5) is 0 Å². The zero-order valence-corrected chi connectivity index (χ0v) is 15.2. The summed E-state index contributed by atoms with van der Waals surface area (Å²) in [6.07, 6.45) is -9.98.